The number of carbonyl (C=O) groups excluding carboxylic acids is 1. The van der Waals surface area contributed by atoms with E-state index >= 15 is 0 Å². The number of hydrogen-bond donors (Lipinski definition) is 3. The number of aliphatic hydroxyl groups is 2. The third-order valence-electron chi connectivity index (χ3n) is 7.87. The van der Waals surface area contributed by atoms with Crippen LogP contribution >= 0.6 is 0 Å². The lowest BCUT2D eigenvalue weighted by molar-refractivity contribution is -0.123. The third-order valence-corrected chi connectivity index (χ3v) is 7.87. The van der Waals surface area contributed by atoms with Crippen molar-refractivity contribution in [2.45, 2.75) is 199 Å². The first-order valence-corrected chi connectivity index (χ1v) is 16.7. The van der Waals surface area contributed by atoms with Gasteiger partial charge in [-0.3, -0.25) is 4.79 Å². The molecule has 0 saturated carbocycles. The Hall–Kier alpha value is -0.610. The molecule has 222 valence electrons. The highest BCUT2D eigenvalue weighted by molar-refractivity contribution is 5.76. The number of carbonyl (C=O) groups is 1. The maximum absolute atomic E-state index is 12.2. The zero-order valence-corrected chi connectivity index (χ0v) is 25.3. The molecule has 0 aliphatic rings. The van der Waals surface area contributed by atoms with Gasteiger partial charge in [0, 0.05) is 6.42 Å². The monoisotopic (exact) mass is 526 g/mol. The van der Waals surface area contributed by atoms with E-state index in [2.05, 4.69) is 19.2 Å². The van der Waals surface area contributed by atoms with E-state index in [0.717, 1.165) is 25.7 Å². The van der Waals surface area contributed by atoms with E-state index in [-0.39, 0.29) is 12.5 Å². The highest BCUT2D eigenvalue weighted by Crippen LogP contribution is 2.15. The Balaban J connectivity index is 3.55. The number of hydrogen-bond acceptors (Lipinski definition) is 3. The van der Waals surface area contributed by atoms with Gasteiger partial charge < -0.3 is 15.5 Å². The van der Waals surface area contributed by atoms with Crippen molar-refractivity contribution in [2.24, 2.45) is 0 Å². The highest BCUT2D eigenvalue weighted by Gasteiger charge is 2.19. The molecule has 4 nitrogen and oxygen atoms in total. The normalized spacial score (nSPS) is 13.1. The summed E-state index contributed by atoms with van der Waals surface area (Å²) in [6.45, 7) is 4.34. The number of nitrogens with one attached hydrogen (secondary N) is 1. The maximum Gasteiger partial charge on any atom is 0.220 e. The van der Waals surface area contributed by atoms with E-state index in [0.29, 0.717) is 12.8 Å². The summed E-state index contributed by atoms with van der Waals surface area (Å²) < 4.78 is 0. The van der Waals surface area contributed by atoms with E-state index < -0.39 is 12.1 Å². The van der Waals surface area contributed by atoms with Gasteiger partial charge in [0.25, 0.3) is 0 Å². The summed E-state index contributed by atoms with van der Waals surface area (Å²) in [6, 6.07) is -0.526. The highest BCUT2D eigenvalue weighted by atomic mass is 16.3. The molecule has 3 N–H and O–H groups in total. The second-order valence-corrected chi connectivity index (χ2v) is 11.6. The quantitative estimate of drug-likeness (QED) is 0.0818. The van der Waals surface area contributed by atoms with Crippen molar-refractivity contribution >= 4 is 5.91 Å². The summed E-state index contributed by atoms with van der Waals surface area (Å²) in [5, 5.41) is 22.9. The smallest absolute Gasteiger partial charge is 0.220 e. The SMILES string of the molecule is CCCCCCCCCCCCCCCC[C@@H](O)[C@H](CO)NC(=O)CCCCCCCCCCCCC. The lowest BCUT2D eigenvalue weighted by Gasteiger charge is -2.22. The van der Waals surface area contributed by atoms with Crippen LogP contribution in [0.15, 0.2) is 0 Å². The standard InChI is InChI=1S/C33H67NO3/c1-3-5-7-9-11-13-15-16-17-19-20-22-24-26-28-32(36)31(30-35)34-33(37)29-27-25-23-21-18-14-12-10-8-6-4-2/h31-32,35-36H,3-30H2,1-2H3,(H,34,37)/t31-,32+/m0/s1. The Bertz CT molecular complexity index is 457. The van der Waals surface area contributed by atoms with Crippen molar-refractivity contribution in [1.82, 2.24) is 5.32 Å². The first kappa shape index (κ1) is 36.4. The van der Waals surface area contributed by atoms with Gasteiger partial charge in [-0.2, -0.15) is 0 Å². The topological polar surface area (TPSA) is 69.6 Å². The average molecular weight is 526 g/mol. The molecule has 0 aromatic heterocycles. The predicted molar refractivity (Wildman–Crippen MR) is 161 cm³/mol. The van der Waals surface area contributed by atoms with Gasteiger partial charge in [-0.25, -0.2) is 0 Å². The van der Waals surface area contributed by atoms with Crippen LogP contribution in [0.1, 0.15) is 187 Å². The molecule has 0 unspecified atom stereocenters. The number of rotatable bonds is 30. The van der Waals surface area contributed by atoms with Gasteiger partial charge in [-0.15, -0.1) is 0 Å². The number of aliphatic hydroxyl groups excluding tert-OH is 2. The zero-order chi connectivity index (χ0) is 27.2. The van der Waals surface area contributed by atoms with Gasteiger partial charge in [0.05, 0.1) is 18.8 Å². The molecular formula is C33H67NO3. The zero-order valence-electron chi connectivity index (χ0n) is 25.3. The minimum Gasteiger partial charge on any atom is -0.394 e. The Morgan fingerprint density at radius 2 is 0.865 bits per heavy atom. The van der Waals surface area contributed by atoms with Crippen molar-refractivity contribution in [3.8, 4) is 0 Å². The fourth-order valence-corrected chi connectivity index (χ4v) is 5.24. The summed E-state index contributed by atoms with van der Waals surface area (Å²) >= 11 is 0. The molecule has 0 bridgehead atoms. The largest absolute Gasteiger partial charge is 0.394 e. The van der Waals surface area contributed by atoms with Crippen molar-refractivity contribution in [2.75, 3.05) is 6.61 Å². The molecule has 37 heavy (non-hydrogen) atoms. The molecule has 0 aliphatic heterocycles. The molecule has 0 spiro atoms. The summed E-state index contributed by atoms with van der Waals surface area (Å²) in [5.74, 6) is -0.0324. The first-order valence-electron chi connectivity index (χ1n) is 16.7. The fourth-order valence-electron chi connectivity index (χ4n) is 5.24. The Morgan fingerprint density at radius 3 is 1.22 bits per heavy atom. The molecule has 0 rings (SSSR count). The fraction of sp³-hybridized carbons (Fsp3) is 0.970. The van der Waals surface area contributed by atoms with Crippen LogP contribution in [0.25, 0.3) is 0 Å². The summed E-state index contributed by atoms with van der Waals surface area (Å²) in [4.78, 5) is 12.2. The molecule has 0 radical (unpaired) electrons. The van der Waals surface area contributed by atoms with Crippen molar-refractivity contribution in [1.29, 1.82) is 0 Å². The van der Waals surface area contributed by atoms with Gasteiger partial charge in [0.1, 0.15) is 0 Å². The molecule has 0 aliphatic carbocycles. The molecule has 0 aromatic carbocycles. The van der Waals surface area contributed by atoms with E-state index in [1.165, 1.54) is 135 Å². The molecule has 2 atom stereocenters. The lowest BCUT2D eigenvalue weighted by atomic mass is 10.0. The van der Waals surface area contributed by atoms with E-state index in [1.807, 2.05) is 0 Å². The van der Waals surface area contributed by atoms with Crippen LogP contribution in [0.2, 0.25) is 0 Å². The summed E-state index contributed by atoms with van der Waals surface area (Å²) in [6.07, 6.45) is 32.9. The van der Waals surface area contributed by atoms with Gasteiger partial charge in [-0.1, -0.05) is 168 Å². The Morgan fingerprint density at radius 1 is 0.541 bits per heavy atom. The van der Waals surface area contributed by atoms with Crippen molar-refractivity contribution in [3.05, 3.63) is 0 Å². The molecule has 4 heteroatoms. The lowest BCUT2D eigenvalue weighted by Crippen LogP contribution is -2.45. The van der Waals surface area contributed by atoms with Crippen LogP contribution in [-0.4, -0.2) is 34.9 Å². The number of unbranched alkanes of at least 4 members (excludes halogenated alkanes) is 23. The molecule has 0 heterocycles. The van der Waals surface area contributed by atoms with Crippen molar-refractivity contribution < 1.29 is 15.0 Å². The van der Waals surface area contributed by atoms with Gasteiger partial charge in [0.2, 0.25) is 5.91 Å². The Kier molecular flexibility index (Phi) is 29.4. The van der Waals surface area contributed by atoms with Crippen LogP contribution < -0.4 is 5.32 Å². The summed E-state index contributed by atoms with van der Waals surface area (Å²) in [5.41, 5.74) is 0. The third kappa shape index (κ3) is 26.8. The minimum absolute atomic E-state index is 0.0324. The molecule has 0 aromatic rings. The minimum atomic E-state index is -0.649. The van der Waals surface area contributed by atoms with Crippen LogP contribution in [0.4, 0.5) is 0 Å². The predicted octanol–water partition coefficient (Wildman–Crippen LogP) is 9.40. The van der Waals surface area contributed by atoms with Gasteiger partial charge >= 0.3 is 0 Å². The van der Waals surface area contributed by atoms with Crippen LogP contribution in [-0.2, 0) is 4.79 Å². The Labute approximate surface area is 232 Å². The first-order chi connectivity index (χ1) is 18.2. The van der Waals surface area contributed by atoms with E-state index in [9.17, 15) is 15.0 Å². The van der Waals surface area contributed by atoms with Crippen molar-refractivity contribution in [3.63, 3.8) is 0 Å². The van der Waals surface area contributed by atoms with Crippen LogP contribution in [0.5, 0.6) is 0 Å². The molecule has 0 saturated heterocycles. The summed E-state index contributed by atoms with van der Waals surface area (Å²) in [7, 11) is 0. The average Bonchev–Trinajstić information content (AvgIpc) is 2.90. The maximum atomic E-state index is 12.2. The molecule has 0 fully saturated rings. The van der Waals surface area contributed by atoms with Gasteiger partial charge in [-0.05, 0) is 12.8 Å². The second-order valence-electron chi connectivity index (χ2n) is 11.6. The second kappa shape index (κ2) is 29.9. The molecular weight excluding hydrogens is 458 g/mol. The van der Waals surface area contributed by atoms with Gasteiger partial charge in [0.15, 0.2) is 0 Å². The van der Waals surface area contributed by atoms with E-state index in [4.69, 9.17) is 0 Å². The number of amides is 1. The molecule has 1 amide bonds. The van der Waals surface area contributed by atoms with Crippen LogP contribution in [0.3, 0.4) is 0 Å². The van der Waals surface area contributed by atoms with E-state index in [1.54, 1.807) is 0 Å². The van der Waals surface area contributed by atoms with Crippen LogP contribution in [0, 0.1) is 0 Å².